The molecule has 3 aromatic carbocycles. The Balaban J connectivity index is 1.12. The summed E-state index contributed by atoms with van der Waals surface area (Å²) in [4.78, 5) is 12.3. The number of allylic oxidation sites excluding steroid dienone is 4. The molecule has 52 heavy (non-hydrogen) atoms. The first-order valence-corrected chi connectivity index (χ1v) is 20.5. The van der Waals surface area contributed by atoms with E-state index in [1.54, 1.807) is 11.1 Å². The summed E-state index contributed by atoms with van der Waals surface area (Å²) < 4.78 is 18.4. The van der Waals surface area contributed by atoms with Crippen LogP contribution in [-0.4, -0.2) is 18.7 Å². The van der Waals surface area contributed by atoms with Crippen molar-refractivity contribution in [3.05, 3.63) is 119 Å². The molecule has 1 fully saturated rings. The highest BCUT2D eigenvalue weighted by Crippen LogP contribution is 2.61. The average Bonchev–Trinajstić information content (AvgIpc) is 3.51. The smallest absolute Gasteiger partial charge is 0.308 e. The van der Waals surface area contributed by atoms with Crippen molar-refractivity contribution in [2.45, 2.75) is 130 Å². The van der Waals surface area contributed by atoms with Gasteiger partial charge in [0.05, 0.1) is 25.2 Å². The zero-order chi connectivity index (χ0) is 36.2. The standard InChI is InChI=1S/C48H62O4/c1-4-19-38(47(49)50-5-2)24-17-9-7-6-8-10-18-25-40-33-48(3)44(30-31-45(48)52-35-37-22-15-12-16-23-37)43-28-26-39-32-41(27-29-42(39)46(40)43)51-34-36-20-13-11-14-21-36/h10-16,18,20-23,27,29,32,38,43-45H,4-9,17,19,24-26,28,30-31,33-35H2,1-3H3/t38?,43?,44?,45-,48-/m0/s1. The molecule has 0 amide bonds. The average molecular weight is 703 g/mol. The molecular weight excluding hydrogens is 641 g/mol. The van der Waals surface area contributed by atoms with Gasteiger partial charge < -0.3 is 14.2 Å². The predicted molar refractivity (Wildman–Crippen MR) is 213 cm³/mol. The summed E-state index contributed by atoms with van der Waals surface area (Å²) in [5, 5.41) is 0. The van der Waals surface area contributed by atoms with Crippen molar-refractivity contribution in [3.63, 3.8) is 0 Å². The van der Waals surface area contributed by atoms with Crippen LogP contribution >= 0.6 is 0 Å². The summed E-state index contributed by atoms with van der Waals surface area (Å²) in [6, 6.07) is 28.0. The number of carbonyl (C=O) groups excluding carboxylic acids is 1. The number of aryl methyl sites for hydroxylation is 1. The molecule has 0 aromatic heterocycles. The summed E-state index contributed by atoms with van der Waals surface area (Å²) >= 11 is 0. The molecule has 5 atom stereocenters. The Labute approximate surface area is 314 Å². The van der Waals surface area contributed by atoms with Gasteiger partial charge in [0.2, 0.25) is 0 Å². The van der Waals surface area contributed by atoms with Crippen LogP contribution < -0.4 is 4.74 Å². The van der Waals surface area contributed by atoms with E-state index in [-0.39, 0.29) is 23.4 Å². The lowest BCUT2D eigenvalue weighted by Gasteiger charge is -2.48. The molecule has 0 saturated heterocycles. The Bertz CT molecular complexity index is 1620. The molecule has 4 heteroatoms. The van der Waals surface area contributed by atoms with Crippen LogP contribution in [0.25, 0.3) is 5.57 Å². The molecule has 0 radical (unpaired) electrons. The number of hydrogen-bond donors (Lipinski definition) is 0. The van der Waals surface area contributed by atoms with Gasteiger partial charge in [-0.05, 0) is 123 Å². The van der Waals surface area contributed by atoms with Gasteiger partial charge in [0, 0.05) is 5.41 Å². The van der Waals surface area contributed by atoms with Gasteiger partial charge >= 0.3 is 5.97 Å². The van der Waals surface area contributed by atoms with E-state index in [9.17, 15) is 4.79 Å². The lowest BCUT2D eigenvalue weighted by molar-refractivity contribution is -0.148. The first kappa shape index (κ1) is 38.1. The van der Waals surface area contributed by atoms with Crippen molar-refractivity contribution in [2.24, 2.45) is 23.2 Å². The number of carbonyl (C=O) groups is 1. The molecule has 3 aromatic rings. The zero-order valence-corrected chi connectivity index (χ0v) is 32.1. The zero-order valence-electron chi connectivity index (χ0n) is 32.1. The van der Waals surface area contributed by atoms with Gasteiger partial charge in [0.1, 0.15) is 12.4 Å². The predicted octanol–water partition coefficient (Wildman–Crippen LogP) is 12.3. The molecule has 278 valence electrons. The number of unbranched alkanes of at least 4 members (excludes halogenated alkanes) is 4. The van der Waals surface area contributed by atoms with E-state index in [1.165, 1.54) is 54.4 Å². The maximum atomic E-state index is 12.3. The lowest BCUT2D eigenvalue weighted by atomic mass is 9.57. The molecular formula is C48H62O4. The number of esters is 1. The minimum atomic E-state index is -0.00288. The Kier molecular flexibility index (Phi) is 13.9. The van der Waals surface area contributed by atoms with E-state index < -0.39 is 0 Å². The fourth-order valence-corrected chi connectivity index (χ4v) is 9.64. The Hall–Kier alpha value is -3.63. The normalized spacial score (nSPS) is 22.9. The number of rotatable bonds is 19. The summed E-state index contributed by atoms with van der Waals surface area (Å²) in [6.45, 7) is 8.36. The molecule has 0 aliphatic heterocycles. The van der Waals surface area contributed by atoms with E-state index in [0.29, 0.717) is 31.7 Å². The summed E-state index contributed by atoms with van der Waals surface area (Å²) in [5.74, 6) is 2.28. The quantitative estimate of drug-likeness (QED) is 0.0709. The third-order valence-electron chi connectivity index (χ3n) is 12.2. The van der Waals surface area contributed by atoms with Crippen molar-refractivity contribution >= 4 is 11.5 Å². The van der Waals surface area contributed by atoms with Crippen LogP contribution in [0.4, 0.5) is 0 Å². The van der Waals surface area contributed by atoms with E-state index >= 15 is 0 Å². The van der Waals surface area contributed by atoms with Gasteiger partial charge in [-0.3, -0.25) is 4.79 Å². The van der Waals surface area contributed by atoms with Crippen LogP contribution in [-0.2, 0) is 33.9 Å². The van der Waals surface area contributed by atoms with Crippen LogP contribution in [0, 0.1) is 23.2 Å². The first-order valence-electron chi connectivity index (χ1n) is 20.5. The molecule has 4 nitrogen and oxygen atoms in total. The molecule has 0 spiro atoms. The highest BCUT2D eigenvalue weighted by molar-refractivity contribution is 5.77. The largest absolute Gasteiger partial charge is 0.489 e. The van der Waals surface area contributed by atoms with Gasteiger partial charge in [0.15, 0.2) is 0 Å². The van der Waals surface area contributed by atoms with Gasteiger partial charge in [-0.15, -0.1) is 0 Å². The van der Waals surface area contributed by atoms with E-state index in [1.807, 2.05) is 6.92 Å². The molecule has 3 unspecified atom stereocenters. The van der Waals surface area contributed by atoms with Crippen LogP contribution in [0.2, 0.25) is 0 Å². The second-order valence-corrected chi connectivity index (χ2v) is 15.8. The highest BCUT2D eigenvalue weighted by atomic mass is 16.5. The monoisotopic (exact) mass is 702 g/mol. The van der Waals surface area contributed by atoms with Gasteiger partial charge in [-0.1, -0.05) is 124 Å². The molecule has 6 rings (SSSR count). The third-order valence-corrected chi connectivity index (χ3v) is 12.2. The summed E-state index contributed by atoms with van der Waals surface area (Å²) in [5.41, 5.74) is 8.78. The first-order chi connectivity index (χ1) is 25.5. The van der Waals surface area contributed by atoms with Crippen molar-refractivity contribution in [1.82, 2.24) is 0 Å². The Morgan fingerprint density at radius 2 is 1.60 bits per heavy atom. The van der Waals surface area contributed by atoms with Crippen molar-refractivity contribution in [1.29, 1.82) is 0 Å². The van der Waals surface area contributed by atoms with E-state index in [4.69, 9.17) is 14.2 Å². The van der Waals surface area contributed by atoms with Crippen LogP contribution in [0.1, 0.15) is 126 Å². The van der Waals surface area contributed by atoms with Gasteiger partial charge in [-0.2, -0.15) is 0 Å². The highest BCUT2D eigenvalue weighted by Gasteiger charge is 2.54. The van der Waals surface area contributed by atoms with Gasteiger partial charge in [-0.25, -0.2) is 0 Å². The molecule has 3 aliphatic carbocycles. The fraction of sp³-hybridized carbons (Fsp3) is 0.521. The summed E-state index contributed by atoms with van der Waals surface area (Å²) in [6.07, 6.45) is 20.8. The summed E-state index contributed by atoms with van der Waals surface area (Å²) in [7, 11) is 0. The molecule has 1 saturated carbocycles. The van der Waals surface area contributed by atoms with E-state index in [2.05, 4.69) is 105 Å². The number of fused-ring (bicyclic) bond motifs is 5. The van der Waals surface area contributed by atoms with E-state index in [0.717, 1.165) is 63.5 Å². The maximum Gasteiger partial charge on any atom is 0.308 e. The third kappa shape index (κ3) is 9.47. The second kappa shape index (κ2) is 18.9. The lowest BCUT2D eigenvalue weighted by Crippen LogP contribution is -2.42. The van der Waals surface area contributed by atoms with Crippen molar-refractivity contribution in [2.75, 3.05) is 6.61 Å². The Morgan fingerprint density at radius 1 is 0.846 bits per heavy atom. The number of benzene rings is 3. The van der Waals surface area contributed by atoms with Crippen molar-refractivity contribution < 1.29 is 19.0 Å². The van der Waals surface area contributed by atoms with Gasteiger partial charge in [0.25, 0.3) is 0 Å². The molecule has 0 heterocycles. The minimum absolute atomic E-state index is 0.00288. The minimum Gasteiger partial charge on any atom is -0.489 e. The second-order valence-electron chi connectivity index (χ2n) is 15.8. The van der Waals surface area contributed by atoms with Crippen LogP contribution in [0.3, 0.4) is 0 Å². The fourth-order valence-electron chi connectivity index (χ4n) is 9.64. The molecule has 0 N–H and O–H groups in total. The van der Waals surface area contributed by atoms with Crippen LogP contribution in [0.15, 0.2) is 96.6 Å². The topological polar surface area (TPSA) is 44.8 Å². The maximum absolute atomic E-state index is 12.3. The van der Waals surface area contributed by atoms with Crippen molar-refractivity contribution in [3.8, 4) is 5.75 Å². The van der Waals surface area contributed by atoms with Crippen LogP contribution in [0.5, 0.6) is 5.75 Å². The number of hydrogen-bond acceptors (Lipinski definition) is 4. The SMILES string of the molecule is CCCC(CCCCCCC=CCC1=C2c3ccc(OCc4ccccc4)cc3CCC2C2CC[C@H](OCc3ccccc3)[C@@]2(C)C1)C(=O)OCC. The Morgan fingerprint density at radius 3 is 2.35 bits per heavy atom. The molecule has 0 bridgehead atoms. The molecule has 3 aliphatic rings. The number of ether oxygens (including phenoxy) is 3.